The van der Waals surface area contributed by atoms with Crippen molar-refractivity contribution in [1.29, 1.82) is 0 Å². The summed E-state index contributed by atoms with van der Waals surface area (Å²) in [5.74, 6) is 2.09. The van der Waals surface area contributed by atoms with Crippen molar-refractivity contribution < 1.29 is 0 Å². The zero-order chi connectivity index (χ0) is 18.5. The Morgan fingerprint density at radius 1 is 1.42 bits per heavy atom. The third kappa shape index (κ3) is 4.26. The van der Waals surface area contributed by atoms with Gasteiger partial charge in [-0.3, -0.25) is 4.99 Å². The van der Waals surface area contributed by atoms with Crippen LogP contribution < -0.4 is 5.32 Å². The van der Waals surface area contributed by atoms with Crippen LogP contribution in [-0.4, -0.2) is 47.1 Å². The van der Waals surface area contributed by atoms with E-state index in [9.17, 15) is 0 Å². The molecule has 140 valence electrons. The second kappa shape index (κ2) is 8.39. The smallest absolute Gasteiger partial charge is 0.193 e. The fourth-order valence-electron chi connectivity index (χ4n) is 3.77. The Balaban J connectivity index is 1.62. The van der Waals surface area contributed by atoms with Crippen LogP contribution in [-0.2, 0) is 0 Å². The van der Waals surface area contributed by atoms with Crippen molar-refractivity contribution in [3.63, 3.8) is 0 Å². The van der Waals surface area contributed by atoms with Crippen LogP contribution in [0.15, 0.2) is 48.0 Å². The molecule has 0 radical (unpaired) electrons. The lowest BCUT2D eigenvalue weighted by molar-refractivity contribution is 0.189. The van der Waals surface area contributed by atoms with Crippen LogP contribution in [0.3, 0.4) is 0 Å². The van der Waals surface area contributed by atoms with Crippen LogP contribution in [0.1, 0.15) is 43.4 Å². The maximum Gasteiger partial charge on any atom is 0.193 e. The number of hydrogen-bond acceptors (Lipinski definition) is 2. The maximum absolute atomic E-state index is 4.54. The lowest BCUT2D eigenvalue weighted by Crippen LogP contribution is -2.49. The molecular weight excluding hydrogens is 322 g/mol. The van der Waals surface area contributed by atoms with Gasteiger partial charge >= 0.3 is 0 Å². The Kier molecular flexibility index (Phi) is 5.96. The van der Waals surface area contributed by atoms with Gasteiger partial charge in [-0.25, -0.2) is 4.98 Å². The zero-order valence-electron chi connectivity index (χ0n) is 16.4. The largest absolute Gasteiger partial charge is 0.356 e. The van der Waals surface area contributed by atoms with E-state index >= 15 is 0 Å². The van der Waals surface area contributed by atoms with E-state index in [-0.39, 0.29) is 0 Å². The molecule has 1 aromatic carbocycles. The molecular formula is C21H31N5. The molecule has 1 aliphatic heterocycles. The van der Waals surface area contributed by atoms with Crippen LogP contribution >= 0.6 is 0 Å². The molecule has 5 nitrogen and oxygen atoms in total. The molecule has 3 rings (SSSR count). The molecule has 0 amide bonds. The standard InChI is InChI=1S/C21H31N5/c1-16-6-5-7-19(12-16)18(3)13-24-21(22-4)25-10-8-17(2)20(14-25)26-11-9-23-15-26/h5-7,9,11-12,15,17-18,20H,8,10,13-14H2,1-4H3,(H,22,24). The van der Waals surface area contributed by atoms with E-state index in [4.69, 9.17) is 0 Å². The van der Waals surface area contributed by atoms with Gasteiger partial charge in [-0.15, -0.1) is 0 Å². The van der Waals surface area contributed by atoms with Crippen molar-refractivity contribution in [3.05, 3.63) is 54.1 Å². The van der Waals surface area contributed by atoms with Crippen molar-refractivity contribution in [1.82, 2.24) is 19.8 Å². The van der Waals surface area contributed by atoms with Gasteiger partial charge in [-0.2, -0.15) is 0 Å². The number of piperidine rings is 1. The van der Waals surface area contributed by atoms with Crippen molar-refractivity contribution in [3.8, 4) is 0 Å². The molecule has 1 N–H and O–H groups in total. The van der Waals surface area contributed by atoms with Gasteiger partial charge in [0.2, 0.25) is 0 Å². The van der Waals surface area contributed by atoms with Crippen LogP contribution in [0, 0.1) is 12.8 Å². The predicted molar refractivity (Wildman–Crippen MR) is 108 cm³/mol. The second-order valence-corrected chi connectivity index (χ2v) is 7.53. The van der Waals surface area contributed by atoms with Crippen molar-refractivity contribution in [2.75, 3.05) is 26.7 Å². The molecule has 1 aromatic heterocycles. The number of imidazole rings is 1. The Morgan fingerprint density at radius 2 is 2.27 bits per heavy atom. The lowest BCUT2D eigenvalue weighted by Gasteiger charge is -2.39. The molecule has 3 atom stereocenters. The number of nitrogens with one attached hydrogen (secondary N) is 1. The highest BCUT2D eigenvalue weighted by Crippen LogP contribution is 2.27. The first-order valence-electron chi connectivity index (χ1n) is 9.58. The third-order valence-corrected chi connectivity index (χ3v) is 5.52. The van der Waals surface area contributed by atoms with Gasteiger partial charge in [0, 0.05) is 39.1 Å². The Hall–Kier alpha value is -2.30. The molecule has 1 saturated heterocycles. The van der Waals surface area contributed by atoms with Crippen molar-refractivity contribution in [2.24, 2.45) is 10.9 Å². The van der Waals surface area contributed by atoms with Crippen LogP contribution in [0.2, 0.25) is 0 Å². The first-order chi connectivity index (χ1) is 12.6. The SMILES string of the molecule is CN=C(NCC(C)c1cccc(C)c1)N1CCC(C)C(n2ccnc2)C1. The van der Waals surface area contributed by atoms with Gasteiger partial charge in [0.05, 0.1) is 12.4 Å². The highest BCUT2D eigenvalue weighted by molar-refractivity contribution is 5.80. The number of aryl methyl sites for hydroxylation is 1. The summed E-state index contributed by atoms with van der Waals surface area (Å²) >= 11 is 0. The van der Waals surface area contributed by atoms with E-state index in [0.29, 0.717) is 17.9 Å². The van der Waals surface area contributed by atoms with Gasteiger partial charge in [0.1, 0.15) is 0 Å². The average molecular weight is 354 g/mol. The quantitative estimate of drug-likeness (QED) is 0.676. The molecule has 3 unspecified atom stereocenters. The highest BCUT2D eigenvalue weighted by Gasteiger charge is 2.28. The van der Waals surface area contributed by atoms with E-state index in [1.165, 1.54) is 11.1 Å². The normalized spacial score (nSPS) is 22.3. The molecule has 1 aliphatic rings. The topological polar surface area (TPSA) is 45.5 Å². The Labute approximate surface area is 157 Å². The molecule has 0 aliphatic carbocycles. The third-order valence-electron chi connectivity index (χ3n) is 5.52. The maximum atomic E-state index is 4.54. The summed E-state index contributed by atoms with van der Waals surface area (Å²) in [7, 11) is 1.88. The van der Waals surface area contributed by atoms with Crippen molar-refractivity contribution in [2.45, 2.75) is 39.2 Å². The summed E-state index contributed by atoms with van der Waals surface area (Å²) in [5, 5.41) is 3.59. The second-order valence-electron chi connectivity index (χ2n) is 7.53. The van der Waals surface area contributed by atoms with E-state index in [0.717, 1.165) is 32.0 Å². The van der Waals surface area contributed by atoms with Gasteiger partial charge < -0.3 is 14.8 Å². The van der Waals surface area contributed by atoms with Crippen molar-refractivity contribution >= 4 is 5.96 Å². The molecule has 0 spiro atoms. The summed E-state index contributed by atoms with van der Waals surface area (Å²) < 4.78 is 2.24. The number of benzene rings is 1. The molecule has 0 bridgehead atoms. The lowest BCUT2D eigenvalue weighted by atomic mass is 9.93. The first-order valence-corrected chi connectivity index (χ1v) is 9.58. The average Bonchev–Trinajstić information content (AvgIpc) is 3.17. The highest BCUT2D eigenvalue weighted by atomic mass is 15.3. The summed E-state index contributed by atoms with van der Waals surface area (Å²) in [4.78, 5) is 11.1. The number of nitrogens with zero attached hydrogens (tertiary/aromatic N) is 4. The van der Waals surface area contributed by atoms with Gasteiger partial charge in [-0.1, -0.05) is 43.7 Å². The van der Waals surface area contributed by atoms with E-state index in [2.05, 4.69) is 76.0 Å². The molecule has 2 heterocycles. The van der Waals surface area contributed by atoms with Crippen LogP contribution in [0.25, 0.3) is 0 Å². The summed E-state index contributed by atoms with van der Waals surface area (Å²) in [5.41, 5.74) is 2.68. The van der Waals surface area contributed by atoms with Crippen LogP contribution in [0.5, 0.6) is 0 Å². The number of aliphatic imine (C=N–C) groups is 1. The molecule has 2 aromatic rings. The molecule has 5 heteroatoms. The minimum absolute atomic E-state index is 0.444. The minimum atomic E-state index is 0.444. The summed E-state index contributed by atoms with van der Waals surface area (Å²) in [6, 6.07) is 9.21. The fourth-order valence-corrected chi connectivity index (χ4v) is 3.77. The number of aromatic nitrogens is 2. The Morgan fingerprint density at radius 3 is 2.96 bits per heavy atom. The molecule has 1 fully saturated rings. The van der Waals surface area contributed by atoms with Gasteiger partial charge in [0.15, 0.2) is 5.96 Å². The van der Waals surface area contributed by atoms with E-state index < -0.39 is 0 Å². The summed E-state index contributed by atoms with van der Waals surface area (Å²) in [6.45, 7) is 9.65. The van der Waals surface area contributed by atoms with E-state index in [1.807, 2.05) is 19.6 Å². The Bertz CT molecular complexity index is 722. The van der Waals surface area contributed by atoms with E-state index in [1.54, 1.807) is 0 Å². The molecule has 26 heavy (non-hydrogen) atoms. The fraction of sp³-hybridized carbons (Fsp3) is 0.524. The minimum Gasteiger partial charge on any atom is -0.356 e. The van der Waals surface area contributed by atoms with Gasteiger partial charge in [-0.05, 0) is 30.7 Å². The zero-order valence-corrected chi connectivity index (χ0v) is 16.4. The molecule has 0 saturated carbocycles. The number of likely N-dealkylation sites (tertiary alicyclic amines) is 1. The number of rotatable bonds is 4. The number of hydrogen-bond donors (Lipinski definition) is 1. The van der Waals surface area contributed by atoms with Gasteiger partial charge in [0.25, 0.3) is 0 Å². The summed E-state index contributed by atoms with van der Waals surface area (Å²) in [6.07, 6.45) is 7.03. The monoisotopic (exact) mass is 353 g/mol. The first kappa shape index (κ1) is 18.5. The number of guanidine groups is 1. The predicted octanol–water partition coefficient (Wildman–Crippen LogP) is 3.45. The van der Waals surface area contributed by atoms with Crippen LogP contribution in [0.4, 0.5) is 0 Å².